The molecule has 2 aromatic heterocycles. The Morgan fingerprint density at radius 3 is 2.65 bits per heavy atom. The number of benzene rings is 1. The van der Waals surface area contributed by atoms with Gasteiger partial charge in [0.25, 0.3) is 0 Å². The summed E-state index contributed by atoms with van der Waals surface area (Å²) in [6.45, 7) is 8.06. The van der Waals surface area contributed by atoms with Crippen LogP contribution >= 0.6 is 0 Å². The van der Waals surface area contributed by atoms with Crippen molar-refractivity contribution in [1.82, 2.24) is 25.2 Å². The molecule has 3 aromatic rings. The highest BCUT2D eigenvalue weighted by molar-refractivity contribution is 5.93. The maximum Gasteiger partial charge on any atom is 0.319 e. The number of nitrogens with one attached hydrogen (secondary N) is 1. The zero-order chi connectivity index (χ0) is 23.2. The molecule has 6 rings (SSSR count). The SMILES string of the molecule is Cc1ccnc(-c2ccc3c(N4[C@@H]5CC[C@H]4CNC5)nc(OC[C@@H]4CCCN4C)nc3c2)c1C. The molecule has 3 fully saturated rings. The van der Waals surface area contributed by atoms with E-state index in [0.29, 0.717) is 30.7 Å². The third-order valence-corrected chi connectivity index (χ3v) is 8.11. The highest BCUT2D eigenvalue weighted by Crippen LogP contribution is 2.37. The summed E-state index contributed by atoms with van der Waals surface area (Å²) in [6, 6.07) is 10.5. The molecule has 0 radical (unpaired) electrons. The van der Waals surface area contributed by atoms with Gasteiger partial charge in [0.2, 0.25) is 0 Å². The minimum absolute atomic E-state index is 0.434. The molecular formula is C27H34N6O. The van der Waals surface area contributed by atoms with Crippen LogP contribution in [0.3, 0.4) is 0 Å². The van der Waals surface area contributed by atoms with Crippen LogP contribution in [-0.2, 0) is 0 Å². The number of pyridine rings is 1. The van der Waals surface area contributed by atoms with Crippen molar-refractivity contribution in [3.63, 3.8) is 0 Å². The van der Waals surface area contributed by atoms with Crippen LogP contribution in [0.1, 0.15) is 36.8 Å². The number of likely N-dealkylation sites (N-methyl/N-ethyl adjacent to an activating group) is 1. The Kier molecular flexibility index (Phi) is 5.62. The zero-order valence-corrected chi connectivity index (χ0v) is 20.4. The average Bonchev–Trinajstić information content (AvgIpc) is 3.36. The first-order chi connectivity index (χ1) is 16.6. The first-order valence-corrected chi connectivity index (χ1v) is 12.6. The molecule has 0 spiro atoms. The quantitative estimate of drug-likeness (QED) is 0.625. The maximum absolute atomic E-state index is 6.26. The molecule has 2 bridgehead atoms. The fourth-order valence-electron chi connectivity index (χ4n) is 5.91. The normalized spacial score (nSPS) is 24.8. The summed E-state index contributed by atoms with van der Waals surface area (Å²) < 4.78 is 6.26. The Labute approximate surface area is 201 Å². The van der Waals surface area contributed by atoms with E-state index in [1.54, 1.807) is 0 Å². The summed E-state index contributed by atoms with van der Waals surface area (Å²) in [4.78, 5) is 19.5. The van der Waals surface area contributed by atoms with Gasteiger partial charge in [0.05, 0.1) is 11.2 Å². The molecule has 0 unspecified atom stereocenters. The zero-order valence-electron chi connectivity index (χ0n) is 20.4. The number of piperazine rings is 1. The molecule has 0 saturated carbocycles. The van der Waals surface area contributed by atoms with Crippen LogP contribution < -0.4 is 15.0 Å². The van der Waals surface area contributed by atoms with Gasteiger partial charge in [-0.1, -0.05) is 6.07 Å². The van der Waals surface area contributed by atoms with Crippen molar-refractivity contribution in [2.75, 3.05) is 38.2 Å². The van der Waals surface area contributed by atoms with Crippen molar-refractivity contribution >= 4 is 16.7 Å². The van der Waals surface area contributed by atoms with Crippen LogP contribution in [0.25, 0.3) is 22.2 Å². The number of ether oxygens (including phenoxy) is 1. The molecule has 3 aliphatic heterocycles. The second kappa shape index (κ2) is 8.78. The molecule has 3 aliphatic rings. The minimum Gasteiger partial charge on any atom is -0.462 e. The number of hydrogen-bond acceptors (Lipinski definition) is 7. The molecule has 3 atom stereocenters. The predicted octanol–water partition coefficient (Wildman–Crippen LogP) is 3.72. The van der Waals surface area contributed by atoms with Crippen molar-refractivity contribution < 1.29 is 4.74 Å². The Bertz CT molecular complexity index is 1200. The Morgan fingerprint density at radius 2 is 1.88 bits per heavy atom. The standard InChI is InChI=1S/C27H34N6O/c1-17-10-11-29-25(18(17)2)19-6-9-23-24(13-19)30-27(34-16-22-5-4-12-32(22)3)31-26(23)33-20-7-8-21(33)15-28-14-20/h6,9-11,13,20-22,28H,4-5,7-8,12,14-16H2,1-3H3/t20-,21+,22-/m0/s1. The summed E-state index contributed by atoms with van der Waals surface area (Å²) in [5, 5.41) is 4.68. The smallest absolute Gasteiger partial charge is 0.319 e. The number of anilines is 1. The monoisotopic (exact) mass is 458 g/mol. The lowest BCUT2D eigenvalue weighted by Gasteiger charge is -2.37. The Balaban J connectivity index is 1.43. The highest BCUT2D eigenvalue weighted by Gasteiger charge is 2.38. The van der Waals surface area contributed by atoms with Gasteiger partial charge in [0, 0.05) is 48.4 Å². The van der Waals surface area contributed by atoms with E-state index >= 15 is 0 Å². The third-order valence-electron chi connectivity index (χ3n) is 8.11. The van der Waals surface area contributed by atoms with Gasteiger partial charge in [0.15, 0.2) is 0 Å². The van der Waals surface area contributed by atoms with Crippen molar-refractivity contribution in [3.8, 4) is 17.3 Å². The van der Waals surface area contributed by atoms with Gasteiger partial charge in [-0.05, 0) is 82.4 Å². The van der Waals surface area contributed by atoms with Crippen molar-refractivity contribution in [1.29, 1.82) is 0 Å². The van der Waals surface area contributed by atoms with E-state index in [0.717, 1.165) is 47.6 Å². The van der Waals surface area contributed by atoms with Crippen LogP contribution in [0.2, 0.25) is 0 Å². The lowest BCUT2D eigenvalue weighted by Crippen LogP contribution is -2.52. The number of rotatable bonds is 5. The number of fused-ring (bicyclic) bond motifs is 3. The molecule has 5 heterocycles. The van der Waals surface area contributed by atoms with Crippen LogP contribution in [0, 0.1) is 13.8 Å². The lowest BCUT2D eigenvalue weighted by atomic mass is 10.0. The minimum atomic E-state index is 0.434. The number of aryl methyl sites for hydroxylation is 1. The Hall–Kier alpha value is -2.77. The fraction of sp³-hybridized carbons (Fsp3) is 0.519. The molecule has 1 aromatic carbocycles. The van der Waals surface area contributed by atoms with Crippen molar-refractivity contribution in [2.24, 2.45) is 0 Å². The number of likely N-dealkylation sites (tertiary alicyclic amines) is 1. The number of nitrogens with zero attached hydrogens (tertiary/aromatic N) is 5. The van der Waals surface area contributed by atoms with E-state index in [1.807, 2.05) is 6.20 Å². The second-order valence-corrected chi connectivity index (χ2v) is 10.2. The van der Waals surface area contributed by atoms with E-state index in [4.69, 9.17) is 14.7 Å². The first kappa shape index (κ1) is 21.7. The van der Waals surface area contributed by atoms with Gasteiger partial charge in [0.1, 0.15) is 12.4 Å². The lowest BCUT2D eigenvalue weighted by molar-refractivity contribution is 0.188. The number of aromatic nitrogens is 3. The van der Waals surface area contributed by atoms with Crippen LogP contribution in [0.15, 0.2) is 30.5 Å². The predicted molar refractivity (Wildman–Crippen MR) is 136 cm³/mol. The van der Waals surface area contributed by atoms with Gasteiger partial charge in [-0.25, -0.2) is 0 Å². The molecule has 7 heteroatoms. The van der Waals surface area contributed by atoms with Gasteiger partial charge >= 0.3 is 6.01 Å². The summed E-state index contributed by atoms with van der Waals surface area (Å²) in [7, 11) is 2.18. The average molecular weight is 459 g/mol. The first-order valence-electron chi connectivity index (χ1n) is 12.6. The van der Waals surface area contributed by atoms with E-state index in [9.17, 15) is 0 Å². The van der Waals surface area contributed by atoms with E-state index in [-0.39, 0.29) is 0 Å². The molecular weight excluding hydrogens is 424 g/mol. The summed E-state index contributed by atoms with van der Waals surface area (Å²) in [5.41, 5.74) is 5.48. The Morgan fingerprint density at radius 1 is 1.06 bits per heavy atom. The van der Waals surface area contributed by atoms with Crippen LogP contribution in [-0.4, -0.2) is 71.3 Å². The topological polar surface area (TPSA) is 66.4 Å². The summed E-state index contributed by atoms with van der Waals surface area (Å²) >= 11 is 0. The molecule has 0 amide bonds. The summed E-state index contributed by atoms with van der Waals surface area (Å²) in [6.07, 6.45) is 6.69. The van der Waals surface area contributed by atoms with Gasteiger partial charge in [-0.2, -0.15) is 9.97 Å². The van der Waals surface area contributed by atoms with E-state index in [2.05, 4.69) is 65.3 Å². The molecule has 7 nitrogen and oxygen atoms in total. The number of hydrogen-bond donors (Lipinski definition) is 1. The van der Waals surface area contributed by atoms with E-state index < -0.39 is 0 Å². The summed E-state index contributed by atoms with van der Waals surface area (Å²) in [5.74, 6) is 1.02. The van der Waals surface area contributed by atoms with Crippen LogP contribution in [0.5, 0.6) is 6.01 Å². The highest BCUT2D eigenvalue weighted by atomic mass is 16.5. The molecule has 3 saturated heterocycles. The van der Waals surface area contributed by atoms with Crippen molar-refractivity contribution in [3.05, 3.63) is 41.6 Å². The third kappa shape index (κ3) is 3.81. The van der Waals surface area contributed by atoms with Gasteiger partial charge < -0.3 is 19.9 Å². The van der Waals surface area contributed by atoms with E-state index in [1.165, 1.54) is 36.8 Å². The molecule has 34 heavy (non-hydrogen) atoms. The second-order valence-electron chi connectivity index (χ2n) is 10.2. The maximum atomic E-state index is 6.26. The van der Waals surface area contributed by atoms with Gasteiger partial charge in [-0.3, -0.25) is 4.98 Å². The molecule has 0 aliphatic carbocycles. The fourth-order valence-corrected chi connectivity index (χ4v) is 5.91. The van der Waals surface area contributed by atoms with Gasteiger partial charge in [-0.15, -0.1) is 0 Å². The van der Waals surface area contributed by atoms with Crippen LogP contribution in [0.4, 0.5) is 5.82 Å². The molecule has 1 N–H and O–H groups in total. The molecule has 178 valence electrons. The van der Waals surface area contributed by atoms with Crippen molar-refractivity contribution in [2.45, 2.75) is 57.7 Å². The largest absolute Gasteiger partial charge is 0.462 e.